The molecule has 1 N–H and O–H groups in total. The van der Waals surface area contributed by atoms with Crippen LogP contribution in [0.3, 0.4) is 0 Å². The van der Waals surface area contributed by atoms with Crippen molar-refractivity contribution in [2.24, 2.45) is 11.3 Å². The van der Waals surface area contributed by atoms with Crippen LogP contribution in [0.1, 0.15) is 40.5 Å². The highest BCUT2D eigenvalue weighted by Gasteiger charge is 2.34. The van der Waals surface area contributed by atoms with Gasteiger partial charge in [0.05, 0.1) is 11.5 Å². The minimum Gasteiger partial charge on any atom is -0.297 e. The molecule has 1 fully saturated rings. The summed E-state index contributed by atoms with van der Waals surface area (Å²) in [5.41, 5.74) is -0.319. The Balaban J connectivity index is 2.64. The van der Waals surface area contributed by atoms with Gasteiger partial charge in [0.1, 0.15) is 0 Å². The molecule has 14 heavy (non-hydrogen) atoms. The molecule has 1 saturated heterocycles. The summed E-state index contributed by atoms with van der Waals surface area (Å²) in [4.78, 5) is 12.0. The molecule has 1 heterocycles. The summed E-state index contributed by atoms with van der Waals surface area (Å²) in [6, 6.07) is -0.0544. The first kappa shape index (κ1) is 12.0. The van der Waals surface area contributed by atoms with Gasteiger partial charge in [-0.1, -0.05) is 27.7 Å². The zero-order chi connectivity index (χ0) is 10.9. The van der Waals surface area contributed by atoms with E-state index in [0.29, 0.717) is 5.92 Å². The van der Waals surface area contributed by atoms with Gasteiger partial charge < -0.3 is 0 Å². The number of rotatable bonds is 1. The second-order valence-corrected chi connectivity index (χ2v) is 5.90. The van der Waals surface area contributed by atoms with Crippen molar-refractivity contribution < 1.29 is 4.79 Å². The van der Waals surface area contributed by atoms with Gasteiger partial charge in [-0.3, -0.25) is 10.1 Å². The van der Waals surface area contributed by atoms with Crippen LogP contribution in [0.4, 0.5) is 0 Å². The van der Waals surface area contributed by atoms with Crippen LogP contribution in [-0.2, 0) is 4.79 Å². The van der Waals surface area contributed by atoms with E-state index < -0.39 is 0 Å². The molecule has 0 aromatic rings. The molecule has 1 aliphatic rings. The van der Waals surface area contributed by atoms with Gasteiger partial charge in [-0.05, 0) is 18.8 Å². The molecule has 2 nitrogen and oxygen atoms in total. The lowest BCUT2D eigenvalue weighted by Gasteiger charge is -2.34. The highest BCUT2D eigenvalue weighted by Crippen LogP contribution is 2.26. The lowest BCUT2D eigenvalue weighted by Crippen LogP contribution is -2.50. The van der Waals surface area contributed by atoms with Crippen LogP contribution in [0.15, 0.2) is 0 Å². The van der Waals surface area contributed by atoms with Crippen molar-refractivity contribution in [1.82, 2.24) is 5.32 Å². The largest absolute Gasteiger partial charge is 0.297 e. The second kappa shape index (κ2) is 4.19. The van der Waals surface area contributed by atoms with E-state index in [4.69, 9.17) is 11.6 Å². The van der Waals surface area contributed by atoms with Crippen LogP contribution < -0.4 is 5.32 Å². The first-order valence-corrected chi connectivity index (χ1v) is 5.69. The van der Waals surface area contributed by atoms with Crippen molar-refractivity contribution in [3.63, 3.8) is 0 Å². The summed E-state index contributed by atoms with van der Waals surface area (Å²) in [6.07, 6.45) is 1.87. The standard InChI is InChI=1S/C11H20ClNO/c1-7-5-8(13-9(12)6-7)10(14)11(2,3)4/h7-9,13H,5-6H2,1-4H3. The number of ketones is 1. The first-order chi connectivity index (χ1) is 6.30. The molecule has 0 aromatic heterocycles. The molecule has 0 spiro atoms. The Morgan fingerprint density at radius 2 is 1.93 bits per heavy atom. The predicted octanol–water partition coefficient (Wildman–Crippen LogP) is 2.55. The number of hydrogen-bond acceptors (Lipinski definition) is 2. The van der Waals surface area contributed by atoms with Crippen LogP contribution in [0.2, 0.25) is 0 Å². The van der Waals surface area contributed by atoms with Gasteiger partial charge in [0.2, 0.25) is 0 Å². The topological polar surface area (TPSA) is 29.1 Å². The van der Waals surface area contributed by atoms with Crippen LogP contribution >= 0.6 is 11.6 Å². The normalized spacial score (nSPS) is 34.2. The van der Waals surface area contributed by atoms with Crippen LogP contribution in [0.25, 0.3) is 0 Å². The Morgan fingerprint density at radius 3 is 2.36 bits per heavy atom. The second-order valence-electron chi connectivity index (χ2n) is 5.38. The Hall–Kier alpha value is -0.0800. The van der Waals surface area contributed by atoms with Crippen molar-refractivity contribution in [2.75, 3.05) is 0 Å². The molecular formula is C11H20ClNO. The minimum atomic E-state index is -0.272. The number of nitrogens with one attached hydrogen (secondary N) is 1. The fraction of sp³-hybridized carbons (Fsp3) is 0.909. The zero-order valence-corrected chi connectivity index (χ0v) is 10.2. The molecule has 0 aliphatic carbocycles. The predicted molar refractivity (Wildman–Crippen MR) is 59.4 cm³/mol. The molecule has 0 saturated carbocycles. The quantitative estimate of drug-likeness (QED) is 0.540. The van der Waals surface area contributed by atoms with Crippen LogP contribution in [0.5, 0.6) is 0 Å². The average Bonchev–Trinajstić information content (AvgIpc) is 1.99. The highest BCUT2D eigenvalue weighted by molar-refractivity contribution is 6.20. The molecule has 82 valence electrons. The Kier molecular flexibility index (Phi) is 3.59. The maximum Gasteiger partial charge on any atom is 0.155 e. The molecule has 1 aliphatic heterocycles. The van der Waals surface area contributed by atoms with E-state index in [-0.39, 0.29) is 22.7 Å². The van der Waals surface area contributed by atoms with E-state index in [1.54, 1.807) is 0 Å². The number of halogens is 1. The van der Waals surface area contributed by atoms with E-state index in [2.05, 4.69) is 12.2 Å². The third-order valence-electron chi connectivity index (χ3n) is 2.69. The fourth-order valence-corrected chi connectivity index (χ4v) is 2.37. The molecule has 0 radical (unpaired) electrons. The maximum atomic E-state index is 12.0. The van der Waals surface area contributed by atoms with E-state index in [1.807, 2.05) is 20.8 Å². The molecule has 3 heteroatoms. The van der Waals surface area contributed by atoms with Crippen molar-refractivity contribution in [1.29, 1.82) is 0 Å². The van der Waals surface area contributed by atoms with Crippen molar-refractivity contribution >= 4 is 17.4 Å². The third-order valence-corrected chi connectivity index (χ3v) is 2.99. The monoisotopic (exact) mass is 217 g/mol. The van der Waals surface area contributed by atoms with Gasteiger partial charge in [0.25, 0.3) is 0 Å². The van der Waals surface area contributed by atoms with Gasteiger partial charge in [-0.2, -0.15) is 0 Å². The van der Waals surface area contributed by atoms with Gasteiger partial charge in [-0.25, -0.2) is 0 Å². The number of hydrogen-bond donors (Lipinski definition) is 1. The summed E-state index contributed by atoms with van der Waals surface area (Å²) < 4.78 is 0. The molecule has 0 amide bonds. The fourth-order valence-electron chi connectivity index (χ4n) is 1.91. The summed E-state index contributed by atoms with van der Waals surface area (Å²) in [5, 5.41) is 3.17. The van der Waals surface area contributed by atoms with E-state index in [1.165, 1.54) is 0 Å². The molecule has 0 bridgehead atoms. The van der Waals surface area contributed by atoms with Gasteiger partial charge in [-0.15, -0.1) is 11.6 Å². The summed E-state index contributed by atoms with van der Waals surface area (Å²) >= 11 is 6.04. The van der Waals surface area contributed by atoms with E-state index >= 15 is 0 Å². The van der Waals surface area contributed by atoms with Gasteiger partial charge in [0.15, 0.2) is 5.78 Å². The Bertz CT molecular complexity index is 212. The highest BCUT2D eigenvalue weighted by atomic mass is 35.5. The van der Waals surface area contributed by atoms with Crippen LogP contribution in [0, 0.1) is 11.3 Å². The summed E-state index contributed by atoms with van der Waals surface area (Å²) in [7, 11) is 0. The summed E-state index contributed by atoms with van der Waals surface area (Å²) in [6.45, 7) is 8.03. The molecule has 3 atom stereocenters. The van der Waals surface area contributed by atoms with Crippen molar-refractivity contribution in [3.8, 4) is 0 Å². The Morgan fingerprint density at radius 1 is 1.36 bits per heavy atom. The Labute approximate surface area is 91.4 Å². The van der Waals surface area contributed by atoms with Gasteiger partial charge >= 0.3 is 0 Å². The van der Waals surface area contributed by atoms with E-state index in [0.717, 1.165) is 12.8 Å². The van der Waals surface area contributed by atoms with Crippen LogP contribution in [-0.4, -0.2) is 17.3 Å². The van der Waals surface area contributed by atoms with Gasteiger partial charge in [0, 0.05) is 5.41 Å². The average molecular weight is 218 g/mol. The number of Topliss-reactive ketones (excluding diaryl/α,β-unsaturated/α-hetero) is 1. The minimum absolute atomic E-state index is 0.0463. The number of carbonyl (C=O) groups excluding carboxylic acids is 1. The van der Waals surface area contributed by atoms with Crippen molar-refractivity contribution in [2.45, 2.75) is 52.1 Å². The molecule has 3 unspecified atom stereocenters. The lowest BCUT2D eigenvalue weighted by molar-refractivity contribution is -0.129. The number of alkyl halides is 1. The number of piperidine rings is 1. The molecular weight excluding hydrogens is 198 g/mol. The van der Waals surface area contributed by atoms with Crippen molar-refractivity contribution in [3.05, 3.63) is 0 Å². The number of carbonyl (C=O) groups is 1. The summed E-state index contributed by atoms with van der Waals surface area (Å²) in [5.74, 6) is 0.810. The molecule has 1 rings (SSSR count). The lowest BCUT2D eigenvalue weighted by atomic mass is 9.81. The molecule has 0 aromatic carbocycles. The maximum absolute atomic E-state index is 12.0. The smallest absolute Gasteiger partial charge is 0.155 e. The van der Waals surface area contributed by atoms with E-state index in [9.17, 15) is 4.79 Å². The first-order valence-electron chi connectivity index (χ1n) is 5.25. The zero-order valence-electron chi connectivity index (χ0n) is 9.43. The SMILES string of the molecule is CC1CC(Cl)NC(C(=O)C(C)(C)C)C1. The third kappa shape index (κ3) is 2.96.